The molecule has 2 heterocycles. The molecule has 0 aliphatic heterocycles. The van der Waals surface area contributed by atoms with Crippen molar-refractivity contribution in [3.8, 4) is 0 Å². The Bertz CT molecular complexity index is 1150. The molecule has 0 saturated heterocycles. The Hall–Kier alpha value is -2.68. The molecule has 3 aromatic carbocycles. The van der Waals surface area contributed by atoms with Crippen LogP contribution in [-0.2, 0) is 0 Å². The second kappa shape index (κ2) is 3.70. The summed E-state index contributed by atoms with van der Waals surface area (Å²) in [5.74, 6) is 0. The molecule has 0 aliphatic rings. The predicted molar refractivity (Wildman–Crippen MR) is 89.2 cm³/mol. The van der Waals surface area contributed by atoms with E-state index in [-0.39, 0.29) is 0 Å². The Kier molecular flexibility index (Phi) is 1.94. The van der Waals surface area contributed by atoms with Gasteiger partial charge in [-0.1, -0.05) is 36.4 Å². The summed E-state index contributed by atoms with van der Waals surface area (Å²) in [6.45, 7) is 0. The lowest BCUT2D eigenvalue weighted by Crippen LogP contribution is -2.00. The van der Waals surface area contributed by atoms with Crippen LogP contribution in [0.4, 0.5) is 0 Å². The van der Waals surface area contributed by atoms with Crippen LogP contribution in [0, 0.1) is 0 Å². The Balaban J connectivity index is 2.13. The molecule has 0 spiro atoms. The molecule has 0 aliphatic carbocycles. The standard InChI is InChI=1S/C18H11BO2/c19-13-6-3-5-12-16-15(21-17(12)13)9-8-11-10-4-1-2-7-14(10)20-18(11)16/h1-9H,19H2. The van der Waals surface area contributed by atoms with Gasteiger partial charge in [-0.05, 0) is 23.7 Å². The normalized spacial score (nSPS) is 12.0. The first-order valence-electron chi connectivity index (χ1n) is 7.05. The van der Waals surface area contributed by atoms with E-state index in [4.69, 9.17) is 8.83 Å². The fraction of sp³-hybridized carbons (Fsp3) is 0. The van der Waals surface area contributed by atoms with E-state index in [9.17, 15) is 0 Å². The van der Waals surface area contributed by atoms with E-state index in [0.717, 1.165) is 49.3 Å². The lowest BCUT2D eigenvalue weighted by atomic mass is 9.94. The first-order chi connectivity index (χ1) is 10.3. The van der Waals surface area contributed by atoms with Crippen LogP contribution in [0.5, 0.6) is 0 Å². The van der Waals surface area contributed by atoms with E-state index in [0.29, 0.717) is 0 Å². The van der Waals surface area contributed by atoms with Crippen molar-refractivity contribution in [2.75, 3.05) is 0 Å². The highest BCUT2D eigenvalue weighted by Crippen LogP contribution is 2.38. The maximum Gasteiger partial charge on any atom is 0.147 e. The molecule has 5 rings (SSSR count). The molecule has 0 fully saturated rings. The zero-order valence-electron chi connectivity index (χ0n) is 11.5. The molecule has 0 atom stereocenters. The summed E-state index contributed by atoms with van der Waals surface area (Å²) < 4.78 is 12.1. The van der Waals surface area contributed by atoms with Crippen molar-refractivity contribution in [3.63, 3.8) is 0 Å². The molecular weight excluding hydrogens is 259 g/mol. The maximum absolute atomic E-state index is 6.11. The topological polar surface area (TPSA) is 26.3 Å². The van der Waals surface area contributed by atoms with Crippen LogP contribution < -0.4 is 5.46 Å². The number of para-hydroxylation sites is 2. The lowest BCUT2D eigenvalue weighted by molar-refractivity contribution is 0.664. The minimum atomic E-state index is 0.880. The van der Waals surface area contributed by atoms with Gasteiger partial charge in [-0.15, -0.1) is 0 Å². The van der Waals surface area contributed by atoms with Crippen LogP contribution in [-0.4, -0.2) is 7.85 Å². The summed E-state index contributed by atoms with van der Waals surface area (Å²) in [5, 5.41) is 4.48. The van der Waals surface area contributed by atoms with Crippen LogP contribution in [0.25, 0.3) is 43.9 Å². The molecule has 0 unspecified atom stereocenters. The molecule has 0 saturated carbocycles. The summed E-state index contributed by atoms with van der Waals surface area (Å²) in [6, 6.07) is 18.5. The molecule has 2 aromatic heterocycles. The first-order valence-corrected chi connectivity index (χ1v) is 7.05. The van der Waals surface area contributed by atoms with Gasteiger partial charge in [0.2, 0.25) is 0 Å². The van der Waals surface area contributed by atoms with Crippen LogP contribution in [0.1, 0.15) is 0 Å². The predicted octanol–water partition coefficient (Wildman–Crippen LogP) is 3.74. The number of hydrogen-bond acceptors (Lipinski definition) is 2. The third kappa shape index (κ3) is 1.33. The van der Waals surface area contributed by atoms with E-state index in [1.807, 2.05) is 24.3 Å². The molecule has 0 bridgehead atoms. The average Bonchev–Trinajstić information content (AvgIpc) is 3.05. The quantitative estimate of drug-likeness (QED) is 0.401. The number of rotatable bonds is 0. The van der Waals surface area contributed by atoms with Gasteiger partial charge in [0.1, 0.15) is 30.2 Å². The van der Waals surface area contributed by atoms with Gasteiger partial charge in [0, 0.05) is 16.2 Å². The first kappa shape index (κ1) is 11.0. The second-order valence-corrected chi connectivity index (χ2v) is 5.47. The van der Waals surface area contributed by atoms with Crippen LogP contribution >= 0.6 is 0 Å². The minimum Gasteiger partial charge on any atom is -0.457 e. The van der Waals surface area contributed by atoms with Gasteiger partial charge >= 0.3 is 0 Å². The van der Waals surface area contributed by atoms with Gasteiger partial charge in [-0.2, -0.15) is 0 Å². The second-order valence-electron chi connectivity index (χ2n) is 5.47. The van der Waals surface area contributed by atoms with Crippen LogP contribution in [0.3, 0.4) is 0 Å². The molecule has 0 N–H and O–H groups in total. The van der Waals surface area contributed by atoms with Gasteiger partial charge in [0.25, 0.3) is 0 Å². The maximum atomic E-state index is 6.11. The van der Waals surface area contributed by atoms with Crippen molar-refractivity contribution in [2.45, 2.75) is 0 Å². The molecule has 2 nitrogen and oxygen atoms in total. The zero-order valence-corrected chi connectivity index (χ0v) is 11.5. The van der Waals surface area contributed by atoms with Crippen molar-refractivity contribution in [2.24, 2.45) is 0 Å². The summed E-state index contributed by atoms with van der Waals surface area (Å²) in [7, 11) is 2.07. The minimum absolute atomic E-state index is 0.880. The lowest BCUT2D eigenvalue weighted by Gasteiger charge is -1.93. The fourth-order valence-electron chi connectivity index (χ4n) is 3.21. The summed E-state index contributed by atoms with van der Waals surface area (Å²) in [4.78, 5) is 0. The Morgan fingerprint density at radius 3 is 2.38 bits per heavy atom. The third-order valence-corrected chi connectivity index (χ3v) is 4.20. The van der Waals surface area contributed by atoms with Crippen molar-refractivity contribution in [3.05, 3.63) is 54.6 Å². The number of hydrogen-bond donors (Lipinski definition) is 0. The smallest absolute Gasteiger partial charge is 0.147 e. The van der Waals surface area contributed by atoms with Crippen molar-refractivity contribution in [1.82, 2.24) is 0 Å². The van der Waals surface area contributed by atoms with Gasteiger partial charge in [0.15, 0.2) is 0 Å². The van der Waals surface area contributed by atoms with Crippen molar-refractivity contribution in [1.29, 1.82) is 0 Å². The highest BCUT2D eigenvalue weighted by Gasteiger charge is 2.16. The van der Waals surface area contributed by atoms with E-state index < -0.39 is 0 Å². The molecule has 21 heavy (non-hydrogen) atoms. The number of furan rings is 2. The molecule has 0 radical (unpaired) electrons. The van der Waals surface area contributed by atoms with E-state index >= 15 is 0 Å². The fourth-order valence-corrected chi connectivity index (χ4v) is 3.21. The molecule has 3 heteroatoms. The van der Waals surface area contributed by atoms with Crippen molar-refractivity contribution < 1.29 is 8.83 Å². The Morgan fingerprint density at radius 1 is 0.619 bits per heavy atom. The summed E-state index contributed by atoms with van der Waals surface area (Å²) >= 11 is 0. The molecule has 5 aromatic rings. The molecule has 0 amide bonds. The van der Waals surface area contributed by atoms with Crippen LogP contribution in [0.2, 0.25) is 0 Å². The van der Waals surface area contributed by atoms with Crippen LogP contribution in [0.15, 0.2) is 63.4 Å². The molecular formula is C18H11BO2. The highest BCUT2D eigenvalue weighted by atomic mass is 16.3. The van der Waals surface area contributed by atoms with Gasteiger partial charge in [0.05, 0.1) is 5.39 Å². The van der Waals surface area contributed by atoms with Gasteiger partial charge in [-0.25, -0.2) is 0 Å². The summed E-state index contributed by atoms with van der Waals surface area (Å²) in [5.41, 5.74) is 4.80. The highest BCUT2D eigenvalue weighted by molar-refractivity contribution is 6.39. The monoisotopic (exact) mass is 270 g/mol. The zero-order chi connectivity index (χ0) is 14.0. The number of fused-ring (bicyclic) bond motifs is 7. The van der Waals surface area contributed by atoms with Gasteiger partial charge < -0.3 is 8.83 Å². The van der Waals surface area contributed by atoms with E-state index in [1.165, 1.54) is 0 Å². The average molecular weight is 270 g/mol. The largest absolute Gasteiger partial charge is 0.457 e. The van der Waals surface area contributed by atoms with E-state index in [2.05, 4.69) is 38.2 Å². The third-order valence-electron chi connectivity index (χ3n) is 4.20. The van der Waals surface area contributed by atoms with Gasteiger partial charge in [-0.3, -0.25) is 0 Å². The summed E-state index contributed by atoms with van der Waals surface area (Å²) in [6.07, 6.45) is 0. The number of benzene rings is 3. The van der Waals surface area contributed by atoms with Crippen molar-refractivity contribution >= 4 is 57.2 Å². The molecule has 98 valence electrons. The Morgan fingerprint density at radius 2 is 1.43 bits per heavy atom. The van der Waals surface area contributed by atoms with E-state index in [1.54, 1.807) is 0 Å². The SMILES string of the molecule is Bc1cccc2c1oc1ccc3c4ccccc4oc3c12. The Labute approximate surface area is 121 Å².